The van der Waals surface area contributed by atoms with E-state index in [-0.39, 0.29) is 5.56 Å². The molecule has 1 nitrogen and oxygen atoms in total. The highest BCUT2D eigenvalue weighted by Gasteiger charge is 2.15. The normalized spacial score (nSPS) is 12.5. The van der Waals surface area contributed by atoms with Crippen LogP contribution >= 0.6 is 15.9 Å². The van der Waals surface area contributed by atoms with Crippen LogP contribution in [0.2, 0.25) is 0 Å². The molecule has 0 aliphatic carbocycles. The molecule has 0 saturated heterocycles. The van der Waals surface area contributed by atoms with Crippen LogP contribution in [0.25, 0.3) is 0 Å². The molecule has 100 valence electrons. The van der Waals surface area contributed by atoms with Gasteiger partial charge in [-0.2, -0.15) is 0 Å². The summed E-state index contributed by atoms with van der Waals surface area (Å²) in [5.41, 5.74) is 7.05. The first-order valence-corrected chi connectivity index (χ1v) is 6.41. The third-order valence-corrected chi connectivity index (χ3v) is 3.61. The van der Waals surface area contributed by atoms with Gasteiger partial charge in [-0.1, -0.05) is 34.1 Å². The highest BCUT2D eigenvalue weighted by molar-refractivity contribution is 9.10. The third kappa shape index (κ3) is 3.16. The highest BCUT2D eigenvalue weighted by Crippen LogP contribution is 2.24. The second-order valence-corrected chi connectivity index (χ2v) is 5.05. The first-order valence-electron chi connectivity index (χ1n) is 5.62. The largest absolute Gasteiger partial charge is 0.324 e. The van der Waals surface area contributed by atoms with Crippen LogP contribution in [0.5, 0.6) is 0 Å². The van der Waals surface area contributed by atoms with Crippen molar-refractivity contribution in [3.63, 3.8) is 0 Å². The molecule has 2 aromatic rings. The van der Waals surface area contributed by atoms with E-state index in [0.29, 0.717) is 6.42 Å². The summed E-state index contributed by atoms with van der Waals surface area (Å²) in [6, 6.07) is 8.67. The lowest BCUT2D eigenvalue weighted by Crippen LogP contribution is -2.14. The fraction of sp³-hybridized carbons (Fsp3) is 0.143. The van der Waals surface area contributed by atoms with Crippen molar-refractivity contribution in [3.05, 3.63) is 69.4 Å². The summed E-state index contributed by atoms with van der Waals surface area (Å²) in [7, 11) is 0. The monoisotopic (exact) mass is 329 g/mol. The quantitative estimate of drug-likeness (QED) is 0.842. The molecule has 2 N–H and O–H groups in total. The van der Waals surface area contributed by atoms with Gasteiger partial charge in [0.15, 0.2) is 17.5 Å². The Kier molecular flexibility index (Phi) is 4.27. The number of nitrogens with two attached hydrogens (primary N) is 1. The minimum Gasteiger partial charge on any atom is -0.324 e. The van der Waals surface area contributed by atoms with Crippen LogP contribution in [0.4, 0.5) is 13.2 Å². The van der Waals surface area contributed by atoms with E-state index in [1.165, 1.54) is 0 Å². The Morgan fingerprint density at radius 1 is 1.05 bits per heavy atom. The van der Waals surface area contributed by atoms with Gasteiger partial charge in [0.1, 0.15) is 0 Å². The predicted octanol–water partition coefficient (Wildman–Crippen LogP) is 4.11. The van der Waals surface area contributed by atoms with Gasteiger partial charge in [0, 0.05) is 10.5 Å². The Labute approximate surface area is 117 Å². The van der Waals surface area contributed by atoms with Crippen molar-refractivity contribution in [1.29, 1.82) is 0 Å². The molecule has 0 bridgehead atoms. The second kappa shape index (κ2) is 5.75. The van der Waals surface area contributed by atoms with Gasteiger partial charge < -0.3 is 5.73 Å². The maximum atomic E-state index is 13.1. The minimum absolute atomic E-state index is 0.229. The molecule has 0 spiro atoms. The van der Waals surface area contributed by atoms with E-state index < -0.39 is 23.5 Å². The molecule has 0 amide bonds. The SMILES string of the molecule is NC(Cc1ccccc1Br)c1cc(F)c(F)c(F)c1. The Balaban J connectivity index is 2.26. The van der Waals surface area contributed by atoms with E-state index in [1.807, 2.05) is 24.3 Å². The summed E-state index contributed by atoms with van der Waals surface area (Å²) >= 11 is 3.37. The molecule has 2 aromatic carbocycles. The molecule has 1 atom stereocenters. The molecule has 0 aliphatic heterocycles. The minimum atomic E-state index is -1.48. The van der Waals surface area contributed by atoms with Crippen LogP contribution in [0.3, 0.4) is 0 Å². The zero-order chi connectivity index (χ0) is 14.0. The predicted molar refractivity (Wildman–Crippen MR) is 71.1 cm³/mol. The maximum absolute atomic E-state index is 13.1. The maximum Gasteiger partial charge on any atom is 0.194 e. The van der Waals surface area contributed by atoms with Crippen molar-refractivity contribution in [2.45, 2.75) is 12.5 Å². The average molecular weight is 330 g/mol. The number of hydrogen-bond acceptors (Lipinski definition) is 1. The van der Waals surface area contributed by atoms with E-state index in [4.69, 9.17) is 5.73 Å². The van der Waals surface area contributed by atoms with E-state index >= 15 is 0 Å². The molecule has 19 heavy (non-hydrogen) atoms. The van der Waals surface area contributed by atoms with Gasteiger partial charge in [0.25, 0.3) is 0 Å². The lowest BCUT2D eigenvalue weighted by molar-refractivity contribution is 0.443. The van der Waals surface area contributed by atoms with E-state index in [1.54, 1.807) is 0 Å². The van der Waals surface area contributed by atoms with E-state index in [0.717, 1.165) is 22.2 Å². The molecule has 2 rings (SSSR count). The first-order chi connectivity index (χ1) is 8.99. The van der Waals surface area contributed by atoms with Crippen molar-refractivity contribution in [1.82, 2.24) is 0 Å². The van der Waals surface area contributed by atoms with E-state index in [9.17, 15) is 13.2 Å². The summed E-state index contributed by atoms with van der Waals surface area (Å²) in [6.07, 6.45) is 0.395. The molecule has 0 saturated carbocycles. The average Bonchev–Trinajstić information content (AvgIpc) is 2.38. The molecule has 1 unspecified atom stereocenters. The smallest absolute Gasteiger partial charge is 0.194 e. The summed E-state index contributed by atoms with van der Waals surface area (Å²) in [5, 5.41) is 0. The Hall–Kier alpha value is -1.33. The van der Waals surface area contributed by atoms with Gasteiger partial charge in [-0.15, -0.1) is 0 Å². The molecule has 0 aromatic heterocycles. The van der Waals surface area contributed by atoms with Gasteiger partial charge in [0.05, 0.1) is 0 Å². The standard InChI is InChI=1S/C14H11BrF3N/c15-10-4-2-1-3-8(10)7-13(19)9-5-11(16)14(18)12(17)6-9/h1-6,13H,7,19H2. The van der Waals surface area contributed by atoms with Gasteiger partial charge in [0.2, 0.25) is 0 Å². The second-order valence-electron chi connectivity index (χ2n) is 4.20. The van der Waals surface area contributed by atoms with Crippen LogP contribution in [-0.2, 0) is 6.42 Å². The molecule has 5 heteroatoms. The topological polar surface area (TPSA) is 26.0 Å². The zero-order valence-corrected chi connectivity index (χ0v) is 11.4. The van der Waals surface area contributed by atoms with Gasteiger partial charge in [-0.3, -0.25) is 0 Å². The first kappa shape index (κ1) is 14.1. The van der Waals surface area contributed by atoms with Crippen molar-refractivity contribution < 1.29 is 13.2 Å². The summed E-state index contributed by atoms with van der Waals surface area (Å²) < 4.78 is 40.0. The van der Waals surface area contributed by atoms with E-state index in [2.05, 4.69) is 15.9 Å². The van der Waals surface area contributed by atoms with Crippen LogP contribution in [0, 0.1) is 17.5 Å². The molecular weight excluding hydrogens is 319 g/mol. The molecule has 0 aliphatic rings. The molecular formula is C14H11BrF3N. The molecule has 0 heterocycles. The Morgan fingerprint density at radius 3 is 2.21 bits per heavy atom. The number of hydrogen-bond donors (Lipinski definition) is 1. The van der Waals surface area contributed by atoms with Crippen molar-refractivity contribution in [2.24, 2.45) is 5.73 Å². The number of rotatable bonds is 3. The van der Waals surface area contributed by atoms with Crippen LogP contribution in [0.15, 0.2) is 40.9 Å². The fourth-order valence-corrected chi connectivity index (χ4v) is 2.25. The lowest BCUT2D eigenvalue weighted by Gasteiger charge is -2.14. The van der Waals surface area contributed by atoms with Crippen LogP contribution in [-0.4, -0.2) is 0 Å². The van der Waals surface area contributed by atoms with Crippen LogP contribution in [0.1, 0.15) is 17.2 Å². The number of benzene rings is 2. The lowest BCUT2D eigenvalue weighted by atomic mass is 9.99. The Bertz CT molecular complexity index is 578. The van der Waals surface area contributed by atoms with Gasteiger partial charge in [-0.25, -0.2) is 13.2 Å². The van der Waals surface area contributed by atoms with Crippen molar-refractivity contribution >= 4 is 15.9 Å². The summed E-state index contributed by atoms with van der Waals surface area (Å²) in [4.78, 5) is 0. The molecule has 0 radical (unpaired) electrons. The van der Waals surface area contributed by atoms with Gasteiger partial charge >= 0.3 is 0 Å². The third-order valence-electron chi connectivity index (χ3n) is 2.83. The summed E-state index contributed by atoms with van der Waals surface area (Å²) in [6.45, 7) is 0. The van der Waals surface area contributed by atoms with Gasteiger partial charge in [-0.05, 0) is 35.7 Å². The molecule has 0 fully saturated rings. The van der Waals surface area contributed by atoms with Crippen LogP contribution < -0.4 is 5.73 Å². The number of halogens is 4. The summed E-state index contributed by atoms with van der Waals surface area (Å²) in [5.74, 6) is -3.92. The fourth-order valence-electron chi connectivity index (χ4n) is 1.81. The zero-order valence-electron chi connectivity index (χ0n) is 9.84. The van der Waals surface area contributed by atoms with Crippen molar-refractivity contribution in [2.75, 3.05) is 0 Å². The van der Waals surface area contributed by atoms with Crippen molar-refractivity contribution in [3.8, 4) is 0 Å². The highest BCUT2D eigenvalue weighted by atomic mass is 79.9. The Morgan fingerprint density at radius 2 is 1.63 bits per heavy atom.